The van der Waals surface area contributed by atoms with Gasteiger partial charge in [-0.25, -0.2) is 0 Å². The van der Waals surface area contributed by atoms with Crippen molar-refractivity contribution in [3.8, 4) is 0 Å². The van der Waals surface area contributed by atoms with Crippen molar-refractivity contribution in [1.29, 1.82) is 0 Å². The van der Waals surface area contributed by atoms with Gasteiger partial charge in [0.15, 0.2) is 0 Å². The molecule has 0 aliphatic rings. The van der Waals surface area contributed by atoms with E-state index in [0.717, 1.165) is 31.6 Å². The Balaban J connectivity index is 2.80. The van der Waals surface area contributed by atoms with E-state index in [1.165, 1.54) is 10.2 Å². The lowest BCUT2D eigenvalue weighted by atomic mass is 10.0. The van der Waals surface area contributed by atoms with Crippen LogP contribution in [0, 0.1) is 5.92 Å². The zero-order chi connectivity index (χ0) is 13.7. The van der Waals surface area contributed by atoms with Gasteiger partial charge in [0.1, 0.15) is 0 Å². The third kappa shape index (κ3) is 3.58. The Hall–Kier alpha value is -0.350. The van der Waals surface area contributed by atoms with E-state index in [1.807, 2.05) is 0 Å². The van der Waals surface area contributed by atoms with Crippen LogP contribution in [0.15, 0.2) is 4.47 Å². The Kier molecular flexibility index (Phi) is 6.36. The summed E-state index contributed by atoms with van der Waals surface area (Å²) in [4.78, 5) is 0. The first kappa shape index (κ1) is 15.7. The number of aryl methyl sites for hydroxylation is 2. The van der Waals surface area contributed by atoms with Crippen LogP contribution in [0.4, 0.5) is 0 Å². The molecule has 4 heteroatoms. The molecule has 1 unspecified atom stereocenters. The molecule has 0 bridgehead atoms. The quantitative estimate of drug-likeness (QED) is 0.830. The number of rotatable bonds is 7. The Bertz CT molecular complexity index is 371. The number of nitrogens with one attached hydrogen (secondary N) is 1. The zero-order valence-electron chi connectivity index (χ0n) is 12.3. The molecule has 0 amide bonds. The molecule has 0 saturated heterocycles. The van der Waals surface area contributed by atoms with Crippen molar-refractivity contribution in [2.75, 3.05) is 0 Å². The maximum Gasteiger partial charge on any atom is 0.0767 e. The smallest absolute Gasteiger partial charge is 0.0767 e. The largest absolute Gasteiger partial charge is 0.308 e. The Labute approximate surface area is 119 Å². The number of hydrogen-bond acceptors (Lipinski definition) is 2. The molecule has 3 nitrogen and oxygen atoms in total. The molecule has 0 aromatic carbocycles. The SMILES string of the molecule is CCc1nn(CC)c(CNC(CC)C(C)C)c1Br. The van der Waals surface area contributed by atoms with E-state index in [2.05, 4.69) is 65.6 Å². The van der Waals surface area contributed by atoms with Crippen LogP contribution in [-0.4, -0.2) is 15.8 Å². The van der Waals surface area contributed by atoms with Crippen molar-refractivity contribution < 1.29 is 0 Å². The minimum atomic E-state index is 0.571. The summed E-state index contributed by atoms with van der Waals surface area (Å²) in [5.41, 5.74) is 2.43. The van der Waals surface area contributed by atoms with Crippen LogP contribution < -0.4 is 5.32 Å². The molecule has 1 N–H and O–H groups in total. The van der Waals surface area contributed by atoms with Gasteiger partial charge in [0, 0.05) is 19.1 Å². The molecule has 0 aliphatic heterocycles. The number of nitrogens with zero attached hydrogens (tertiary/aromatic N) is 2. The molecular formula is C14H26BrN3. The second-order valence-corrected chi connectivity index (χ2v) is 5.81. The van der Waals surface area contributed by atoms with Crippen LogP contribution in [0.3, 0.4) is 0 Å². The Morgan fingerprint density at radius 2 is 1.94 bits per heavy atom. The predicted octanol–water partition coefficient (Wildman–Crippen LogP) is 3.75. The molecule has 104 valence electrons. The lowest BCUT2D eigenvalue weighted by Gasteiger charge is -2.21. The van der Waals surface area contributed by atoms with Crippen LogP contribution in [0.2, 0.25) is 0 Å². The fraction of sp³-hybridized carbons (Fsp3) is 0.786. The van der Waals surface area contributed by atoms with E-state index in [1.54, 1.807) is 0 Å². The fourth-order valence-corrected chi connectivity index (χ4v) is 2.97. The maximum absolute atomic E-state index is 4.63. The van der Waals surface area contributed by atoms with Gasteiger partial charge in [0.05, 0.1) is 15.9 Å². The van der Waals surface area contributed by atoms with Gasteiger partial charge in [-0.1, -0.05) is 27.7 Å². The van der Waals surface area contributed by atoms with Crippen LogP contribution in [-0.2, 0) is 19.5 Å². The summed E-state index contributed by atoms with van der Waals surface area (Å²) in [6, 6.07) is 0.571. The highest BCUT2D eigenvalue weighted by Gasteiger charge is 2.16. The normalized spacial score (nSPS) is 13.3. The van der Waals surface area contributed by atoms with Gasteiger partial charge < -0.3 is 5.32 Å². The molecule has 0 aliphatic carbocycles. The van der Waals surface area contributed by atoms with Gasteiger partial charge >= 0.3 is 0 Å². The summed E-state index contributed by atoms with van der Waals surface area (Å²) in [6.45, 7) is 12.9. The molecule has 18 heavy (non-hydrogen) atoms. The summed E-state index contributed by atoms with van der Waals surface area (Å²) in [5, 5.41) is 8.27. The van der Waals surface area contributed by atoms with E-state index in [0.29, 0.717) is 12.0 Å². The van der Waals surface area contributed by atoms with Crippen molar-refractivity contribution in [3.63, 3.8) is 0 Å². The number of aromatic nitrogens is 2. The summed E-state index contributed by atoms with van der Waals surface area (Å²) in [6.07, 6.45) is 2.14. The van der Waals surface area contributed by atoms with Crippen LogP contribution in [0.5, 0.6) is 0 Å². The summed E-state index contributed by atoms with van der Waals surface area (Å²) < 4.78 is 3.28. The predicted molar refractivity (Wildman–Crippen MR) is 80.7 cm³/mol. The highest BCUT2D eigenvalue weighted by molar-refractivity contribution is 9.10. The summed E-state index contributed by atoms with van der Waals surface area (Å²) in [5.74, 6) is 0.664. The lowest BCUT2D eigenvalue weighted by Crippen LogP contribution is -2.33. The molecule has 1 atom stereocenters. The van der Waals surface area contributed by atoms with Crippen LogP contribution in [0.1, 0.15) is 52.4 Å². The van der Waals surface area contributed by atoms with Gasteiger partial charge in [-0.2, -0.15) is 5.10 Å². The highest BCUT2D eigenvalue weighted by atomic mass is 79.9. The third-order valence-electron chi connectivity index (χ3n) is 3.47. The molecule has 0 fully saturated rings. The van der Waals surface area contributed by atoms with Gasteiger partial charge in [-0.15, -0.1) is 0 Å². The molecule has 1 rings (SSSR count). The standard InChI is InChI=1S/C14H26BrN3/c1-6-11(10(4)5)16-9-13-14(15)12(7-2)17-18(13)8-3/h10-11,16H,6-9H2,1-5H3. The number of hydrogen-bond donors (Lipinski definition) is 1. The van der Waals surface area contributed by atoms with Crippen molar-refractivity contribution >= 4 is 15.9 Å². The first-order valence-corrected chi connectivity index (χ1v) is 7.81. The highest BCUT2D eigenvalue weighted by Crippen LogP contribution is 2.22. The van der Waals surface area contributed by atoms with Crippen molar-refractivity contribution in [2.24, 2.45) is 5.92 Å². The van der Waals surface area contributed by atoms with Crippen molar-refractivity contribution in [3.05, 3.63) is 15.9 Å². The van der Waals surface area contributed by atoms with Crippen molar-refractivity contribution in [1.82, 2.24) is 15.1 Å². The average molecular weight is 316 g/mol. The van der Waals surface area contributed by atoms with E-state index >= 15 is 0 Å². The van der Waals surface area contributed by atoms with Crippen molar-refractivity contribution in [2.45, 2.75) is 66.6 Å². The second kappa shape index (κ2) is 7.29. The third-order valence-corrected chi connectivity index (χ3v) is 4.39. The summed E-state index contributed by atoms with van der Waals surface area (Å²) in [7, 11) is 0. The maximum atomic E-state index is 4.63. The zero-order valence-corrected chi connectivity index (χ0v) is 13.8. The molecule has 1 aromatic rings. The fourth-order valence-electron chi connectivity index (χ4n) is 2.27. The molecule has 1 aromatic heterocycles. The molecular weight excluding hydrogens is 290 g/mol. The minimum absolute atomic E-state index is 0.571. The Morgan fingerprint density at radius 1 is 1.28 bits per heavy atom. The summed E-state index contributed by atoms with van der Waals surface area (Å²) >= 11 is 3.69. The lowest BCUT2D eigenvalue weighted by molar-refractivity contribution is 0.380. The molecule has 0 saturated carbocycles. The Morgan fingerprint density at radius 3 is 2.39 bits per heavy atom. The van der Waals surface area contributed by atoms with E-state index in [9.17, 15) is 0 Å². The van der Waals surface area contributed by atoms with Gasteiger partial charge in [0.2, 0.25) is 0 Å². The van der Waals surface area contributed by atoms with E-state index < -0.39 is 0 Å². The average Bonchev–Trinajstić information content (AvgIpc) is 2.66. The number of halogens is 1. The van der Waals surface area contributed by atoms with Gasteiger partial charge in [-0.3, -0.25) is 4.68 Å². The molecule has 0 radical (unpaired) electrons. The molecule has 0 spiro atoms. The first-order chi connectivity index (χ1) is 8.54. The monoisotopic (exact) mass is 315 g/mol. The van der Waals surface area contributed by atoms with E-state index in [-0.39, 0.29) is 0 Å². The second-order valence-electron chi connectivity index (χ2n) is 5.02. The van der Waals surface area contributed by atoms with Gasteiger partial charge in [-0.05, 0) is 41.6 Å². The van der Waals surface area contributed by atoms with E-state index in [4.69, 9.17) is 0 Å². The minimum Gasteiger partial charge on any atom is -0.308 e. The van der Waals surface area contributed by atoms with Crippen LogP contribution in [0.25, 0.3) is 0 Å². The molecule has 1 heterocycles. The van der Waals surface area contributed by atoms with Gasteiger partial charge in [0.25, 0.3) is 0 Å². The topological polar surface area (TPSA) is 29.9 Å². The van der Waals surface area contributed by atoms with Crippen LogP contribution >= 0.6 is 15.9 Å². The first-order valence-electron chi connectivity index (χ1n) is 7.02.